The number of hydrogen-bond donors (Lipinski definition) is 0. The highest BCUT2D eigenvalue weighted by atomic mass is 32.2. The van der Waals surface area contributed by atoms with Gasteiger partial charge >= 0.3 is 5.97 Å². The van der Waals surface area contributed by atoms with E-state index in [1.165, 1.54) is 15.6 Å². The van der Waals surface area contributed by atoms with Gasteiger partial charge in [0.1, 0.15) is 11.9 Å². The molecule has 200 valence electrons. The van der Waals surface area contributed by atoms with E-state index >= 15 is 0 Å². The number of nitrogens with zero attached hydrogens (tertiary/aromatic N) is 3. The fourth-order valence-corrected chi connectivity index (χ4v) is 7.21. The Morgan fingerprint density at radius 2 is 1.59 bits per heavy atom. The van der Waals surface area contributed by atoms with Gasteiger partial charge < -0.3 is 14.4 Å². The van der Waals surface area contributed by atoms with Crippen LogP contribution in [0.15, 0.2) is 53.4 Å². The lowest BCUT2D eigenvalue weighted by molar-refractivity contribution is -0.150. The van der Waals surface area contributed by atoms with Gasteiger partial charge in [-0.3, -0.25) is 9.69 Å². The summed E-state index contributed by atoms with van der Waals surface area (Å²) in [6.45, 7) is 7.67. The van der Waals surface area contributed by atoms with Crippen molar-refractivity contribution in [2.75, 3.05) is 57.8 Å². The maximum Gasteiger partial charge on any atom is 0.312 e. The largest absolute Gasteiger partial charge is 0.497 e. The van der Waals surface area contributed by atoms with E-state index in [2.05, 4.69) is 41.0 Å². The first-order valence-corrected chi connectivity index (χ1v) is 14.6. The van der Waals surface area contributed by atoms with Crippen molar-refractivity contribution in [2.24, 2.45) is 5.41 Å². The number of carbonyl (C=O) groups excluding carboxylic acids is 1. The molecule has 9 heteroatoms. The summed E-state index contributed by atoms with van der Waals surface area (Å²) in [5, 5.41) is 0. The van der Waals surface area contributed by atoms with Crippen LogP contribution in [0.1, 0.15) is 31.2 Å². The highest BCUT2D eigenvalue weighted by Crippen LogP contribution is 2.44. The number of piperidine rings is 1. The molecule has 1 unspecified atom stereocenters. The third kappa shape index (κ3) is 5.49. The number of hydrogen-bond acceptors (Lipinski definition) is 7. The summed E-state index contributed by atoms with van der Waals surface area (Å²) in [4.78, 5) is 18.0. The van der Waals surface area contributed by atoms with Gasteiger partial charge in [0.05, 0.1) is 17.4 Å². The molecule has 0 N–H and O–H groups in total. The van der Waals surface area contributed by atoms with Crippen molar-refractivity contribution in [1.82, 2.24) is 9.21 Å². The monoisotopic (exact) mass is 527 g/mol. The van der Waals surface area contributed by atoms with Gasteiger partial charge in [-0.1, -0.05) is 17.7 Å². The van der Waals surface area contributed by atoms with Gasteiger partial charge in [-0.2, -0.15) is 4.31 Å². The van der Waals surface area contributed by atoms with E-state index in [4.69, 9.17) is 9.47 Å². The number of methoxy groups -OCH3 is 1. The van der Waals surface area contributed by atoms with Crippen LogP contribution in [-0.4, -0.2) is 82.6 Å². The molecule has 3 fully saturated rings. The lowest BCUT2D eigenvalue weighted by Gasteiger charge is -2.36. The summed E-state index contributed by atoms with van der Waals surface area (Å²) < 4.78 is 38.7. The first kappa shape index (κ1) is 26.0. The Kier molecular flexibility index (Phi) is 7.47. The molecule has 0 saturated carbocycles. The minimum atomic E-state index is -3.60. The zero-order valence-corrected chi connectivity index (χ0v) is 22.6. The first-order valence-electron chi connectivity index (χ1n) is 13.2. The summed E-state index contributed by atoms with van der Waals surface area (Å²) in [7, 11) is -2.05. The van der Waals surface area contributed by atoms with Crippen LogP contribution >= 0.6 is 0 Å². The van der Waals surface area contributed by atoms with Crippen molar-refractivity contribution >= 4 is 21.7 Å². The van der Waals surface area contributed by atoms with Crippen LogP contribution in [0.5, 0.6) is 5.75 Å². The molecule has 3 saturated heterocycles. The summed E-state index contributed by atoms with van der Waals surface area (Å²) in [5.74, 6) is 0.465. The number of benzene rings is 2. The molecular weight excluding hydrogens is 490 g/mol. The van der Waals surface area contributed by atoms with E-state index < -0.39 is 15.4 Å². The van der Waals surface area contributed by atoms with Crippen LogP contribution < -0.4 is 9.64 Å². The molecular formula is C28H37N3O5S. The van der Waals surface area contributed by atoms with E-state index in [1.807, 2.05) is 0 Å². The molecule has 2 aromatic carbocycles. The number of aryl methyl sites for hydroxylation is 1. The number of cyclic esters (lactones) is 1. The summed E-state index contributed by atoms with van der Waals surface area (Å²) in [5.41, 5.74) is 1.99. The number of esters is 1. The minimum Gasteiger partial charge on any atom is -0.497 e. The van der Waals surface area contributed by atoms with Crippen molar-refractivity contribution in [3.05, 3.63) is 54.1 Å². The van der Waals surface area contributed by atoms with Gasteiger partial charge in [-0.25, -0.2) is 8.42 Å². The second-order valence-corrected chi connectivity index (χ2v) is 12.5. The Balaban J connectivity index is 1.10. The lowest BCUT2D eigenvalue weighted by atomic mass is 9.76. The molecule has 37 heavy (non-hydrogen) atoms. The number of piperazine rings is 1. The summed E-state index contributed by atoms with van der Waals surface area (Å²) >= 11 is 0. The Labute approximate surface area is 220 Å². The van der Waals surface area contributed by atoms with E-state index in [1.54, 1.807) is 31.4 Å². The van der Waals surface area contributed by atoms with Crippen molar-refractivity contribution in [2.45, 2.75) is 43.6 Å². The second kappa shape index (κ2) is 10.6. The van der Waals surface area contributed by atoms with Gasteiger partial charge in [0.2, 0.25) is 10.0 Å². The maximum absolute atomic E-state index is 13.1. The Bertz CT molecular complexity index is 1180. The molecule has 0 aliphatic carbocycles. The number of sulfonamides is 1. The molecule has 5 rings (SSSR count). The van der Waals surface area contributed by atoms with E-state index in [-0.39, 0.29) is 17.0 Å². The van der Waals surface area contributed by atoms with Gasteiger partial charge in [0.25, 0.3) is 0 Å². The predicted octanol–water partition coefficient (Wildman–Crippen LogP) is 3.30. The van der Waals surface area contributed by atoms with Crippen LogP contribution in [0.2, 0.25) is 0 Å². The quantitative estimate of drug-likeness (QED) is 0.511. The van der Waals surface area contributed by atoms with Crippen molar-refractivity contribution in [1.29, 1.82) is 0 Å². The maximum atomic E-state index is 13.1. The van der Waals surface area contributed by atoms with Gasteiger partial charge in [-0.15, -0.1) is 0 Å². The van der Waals surface area contributed by atoms with Crippen LogP contribution in [0.3, 0.4) is 0 Å². The molecule has 0 aromatic heterocycles. The molecule has 0 amide bonds. The molecule has 2 aromatic rings. The van der Waals surface area contributed by atoms with Crippen LogP contribution in [0, 0.1) is 12.3 Å². The molecule has 3 heterocycles. The van der Waals surface area contributed by atoms with Gasteiger partial charge in [0.15, 0.2) is 0 Å². The highest BCUT2D eigenvalue weighted by Gasteiger charge is 2.51. The van der Waals surface area contributed by atoms with Crippen LogP contribution in [0.25, 0.3) is 0 Å². The number of ether oxygens (including phenoxy) is 2. The normalized spacial score (nSPS) is 22.8. The Morgan fingerprint density at radius 3 is 2.22 bits per heavy atom. The van der Waals surface area contributed by atoms with E-state index in [0.29, 0.717) is 38.1 Å². The summed E-state index contributed by atoms with van der Waals surface area (Å²) in [6.07, 6.45) is 2.43. The minimum absolute atomic E-state index is 0.0904. The fraction of sp³-hybridized carbons (Fsp3) is 0.536. The lowest BCUT2D eigenvalue weighted by Crippen LogP contribution is -2.47. The van der Waals surface area contributed by atoms with E-state index in [9.17, 15) is 13.2 Å². The molecule has 1 atom stereocenters. The molecule has 3 aliphatic heterocycles. The smallest absolute Gasteiger partial charge is 0.312 e. The van der Waals surface area contributed by atoms with Crippen LogP contribution in [0.4, 0.5) is 5.69 Å². The molecule has 3 aliphatic rings. The number of rotatable bonds is 7. The SMILES string of the molecule is COc1ccc(S(=O)(=O)N2CCC3(CC2)CC(CCN2CCN(c4ccc(C)cc4)CC2)OC3=O)cc1. The molecule has 0 radical (unpaired) electrons. The zero-order chi connectivity index (χ0) is 26.0. The zero-order valence-electron chi connectivity index (χ0n) is 21.8. The average Bonchev–Trinajstić information content (AvgIpc) is 3.22. The van der Waals surface area contributed by atoms with Crippen molar-refractivity contribution in [3.63, 3.8) is 0 Å². The van der Waals surface area contributed by atoms with Crippen molar-refractivity contribution in [3.8, 4) is 5.75 Å². The predicted molar refractivity (Wildman–Crippen MR) is 142 cm³/mol. The molecule has 0 bridgehead atoms. The Hall–Kier alpha value is -2.62. The second-order valence-electron chi connectivity index (χ2n) is 10.5. The van der Waals surface area contributed by atoms with Gasteiger partial charge in [0, 0.05) is 57.9 Å². The molecule has 8 nitrogen and oxygen atoms in total. The highest BCUT2D eigenvalue weighted by molar-refractivity contribution is 7.89. The number of carbonyl (C=O) groups is 1. The third-order valence-corrected chi connectivity index (χ3v) is 10.2. The third-order valence-electron chi connectivity index (χ3n) is 8.24. The average molecular weight is 528 g/mol. The standard InChI is InChI=1S/C28H37N3O5S/c1-22-3-5-23(6-4-22)30-19-17-29(18-20-30)14-11-25-21-28(27(32)36-25)12-15-31(16-13-28)37(33,34)26-9-7-24(35-2)8-10-26/h3-10,25H,11-21H2,1-2H3. The topological polar surface area (TPSA) is 79.4 Å². The molecule has 1 spiro atoms. The van der Waals surface area contributed by atoms with Crippen molar-refractivity contribution < 1.29 is 22.7 Å². The van der Waals surface area contributed by atoms with Gasteiger partial charge in [-0.05, 0) is 62.6 Å². The fourth-order valence-electron chi connectivity index (χ4n) is 5.77. The first-order chi connectivity index (χ1) is 17.8. The van der Waals surface area contributed by atoms with Crippen LogP contribution in [-0.2, 0) is 19.6 Å². The Morgan fingerprint density at radius 1 is 0.946 bits per heavy atom. The number of anilines is 1. The van der Waals surface area contributed by atoms with E-state index in [0.717, 1.165) is 39.1 Å². The summed E-state index contributed by atoms with van der Waals surface area (Å²) in [6, 6.07) is 15.1.